The second-order valence-electron chi connectivity index (χ2n) is 3.67. The first kappa shape index (κ1) is 13.2. The molecule has 5 nitrogen and oxygen atoms in total. The van der Waals surface area contributed by atoms with Gasteiger partial charge in [0.1, 0.15) is 0 Å². The zero-order valence-corrected chi connectivity index (χ0v) is 9.77. The van der Waals surface area contributed by atoms with E-state index in [0.717, 1.165) is 5.69 Å². The first-order valence-corrected chi connectivity index (χ1v) is 5.45. The Morgan fingerprint density at radius 3 is 2.53 bits per heavy atom. The molecule has 0 spiro atoms. The third kappa shape index (κ3) is 4.65. The normalized spacial score (nSPS) is 11.6. The lowest BCUT2D eigenvalue weighted by Gasteiger charge is -2.09. The highest BCUT2D eigenvalue weighted by molar-refractivity contribution is 5.91. The Morgan fingerprint density at radius 2 is 1.94 bits per heavy atom. The van der Waals surface area contributed by atoms with E-state index in [4.69, 9.17) is 5.73 Å². The molecular formula is C12H17N3O2. The Bertz CT molecular complexity index is 379. The van der Waals surface area contributed by atoms with Gasteiger partial charge in [-0.25, -0.2) is 0 Å². The SMILES string of the molecule is CNC(=O)[C@@H](N)CCC(=O)Nc1ccccc1. The van der Waals surface area contributed by atoms with Crippen LogP contribution < -0.4 is 16.4 Å². The minimum absolute atomic E-state index is 0.143. The summed E-state index contributed by atoms with van der Waals surface area (Å²) in [5.74, 6) is -0.395. The van der Waals surface area contributed by atoms with Gasteiger partial charge in [0.25, 0.3) is 0 Å². The van der Waals surface area contributed by atoms with Crippen LogP contribution in [0.15, 0.2) is 30.3 Å². The number of carbonyl (C=O) groups excluding carboxylic acids is 2. The lowest BCUT2D eigenvalue weighted by atomic mass is 10.1. The molecule has 0 aliphatic carbocycles. The Labute approximate surface area is 100 Å². The van der Waals surface area contributed by atoms with Crippen LogP contribution in [0.1, 0.15) is 12.8 Å². The first-order valence-electron chi connectivity index (χ1n) is 5.45. The third-order valence-electron chi connectivity index (χ3n) is 2.32. The molecule has 1 rings (SSSR count). The van der Waals surface area contributed by atoms with Gasteiger partial charge >= 0.3 is 0 Å². The fraction of sp³-hybridized carbons (Fsp3) is 0.333. The second kappa shape index (κ2) is 6.65. The molecule has 1 aromatic rings. The van der Waals surface area contributed by atoms with Gasteiger partial charge in [-0.05, 0) is 18.6 Å². The van der Waals surface area contributed by atoms with E-state index in [0.29, 0.717) is 6.42 Å². The minimum Gasteiger partial charge on any atom is -0.358 e. The fourth-order valence-corrected chi connectivity index (χ4v) is 1.35. The summed E-state index contributed by atoms with van der Waals surface area (Å²) in [5, 5.41) is 5.17. The Balaban J connectivity index is 2.33. The Hall–Kier alpha value is -1.88. The zero-order chi connectivity index (χ0) is 12.7. The van der Waals surface area contributed by atoms with Gasteiger partial charge in [0, 0.05) is 19.2 Å². The summed E-state index contributed by atoms with van der Waals surface area (Å²) in [4.78, 5) is 22.6. The molecule has 2 amide bonds. The van der Waals surface area contributed by atoms with Crippen LogP contribution in [0.2, 0.25) is 0 Å². The van der Waals surface area contributed by atoms with E-state index >= 15 is 0 Å². The van der Waals surface area contributed by atoms with Crippen molar-refractivity contribution in [2.75, 3.05) is 12.4 Å². The standard InChI is InChI=1S/C12H17N3O2/c1-14-12(17)10(13)7-8-11(16)15-9-5-3-2-4-6-9/h2-6,10H,7-8,13H2,1H3,(H,14,17)(H,15,16)/t10-/m0/s1. The summed E-state index contributed by atoms with van der Waals surface area (Å²) in [6, 6.07) is 8.52. The number of carbonyl (C=O) groups is 2. The molecule has 5 heteroatoms. The first-order chi connectivity index (χ1) is 8.13. The highest BCUT2D eigenvalue weighted by Crippen LogP contribution is 2.06. The summed E-state index contributed by atoms with van der Waals surface area (Å²) >= 11 is 0. The molecular weight excluding hydrogens is 218 g/mol. The van der Waals surface area contributed by atoms with E-state index in [1.54, 1.807) is 12.1 Å². The predicted molar refractivity (Wildman–Crippen MR) is 66.3 cm³/mol. The van der Waals surface area contributed by atoms with E-state index in [9.17, 15) is 9.59 Å². The largest absolute Gasteiger partial charge is 0.358 e. The molecule has 0 fully saturated rings. The van der Waals surface area contributed by atoms with Gasteiger partial charge in [-0.2, -0.15) is 0 Å². The van der Waals surface area contributed by atoms with Crippen molar-refractivity contribution in [3.05, 3.63) is 30.3 Å². The maximum atomic E-state index is 11.5. The number of para-hydroxylation sites is 1. The van der Waals surface area contributed by atoms with Crippen LogP contribution in [0.3, 0.4) is 0 Å². The molecule has 0 radical (unpaired) electrons. The Kier molecular flexibility index (Phi) is 5.16. The zero-order valence-electron chi connectivity index (χ0n) is 9.77. The van der Waals surface area contributed by atoms with Gasteiger partial charge in [-0.1, -0.05) is 18.2 Å². The van der Waals surface area contributed by atoms with E-state index in [-0.39, 0.29) is 18.2 Å². The Morgan fingerprint density at radius 1 is 1.29 bits per heavy atom. The van der Waals surface area contributed by atoms with Crippen molar-refractivity contribution in [3.8, 4) is 0 Å². The van der Waals surface area contributed by atoms with Gasteiger partial charge in [0.2, 0.25) is 11.8 Å². The average Bonchev–Trinajstić information content (AvgIpc) is 2.36. The van der Waals surface area contributed by atoms with Crippen molar-refractivity contribution in [2.24, 2.45) is 5.73 Å². The van der Waals surface area contributed by atoms with Crippen LogP contribution in [-0.4, -0.2) is 24.9 Å². The topological polar surface area (TPSA) is 84.2 Å². The number of nitrogens with one attached hydrogen (secondary N) is 2. The molecule has 1 atom stereocenters. The van der Waals surface area contributed by atoms with E-state index < -0.39 is 6.04 Å². The second-order valence-corrected chi connectivity index (χ2v) is 3.67. The molecule has 0 aliphatic rings. The molecule has 1 aromatic carbocycles. The van der Waals surface area contributed by atoms with E-state index in [1.165, 1.54) is 7.05 Å². The number of nitrogens with two attached hydrogens (primary N) is 1. The molecule has 0 aromatic heterocycles. The minimum atomic E-state index is -0.637. The van der Waals surface area contributed by atoms with Crippen molar-refractivity contribution in [2.45, 2.75) is 18.9 Å². The number of rotatable bonds is 5. The average molecular weight is 235 g/mol. The number of amides is 2. The van der Waals surface area contributed by atoms with Gasteiger partial charge in [0.15, 0.2) is 0 Å². The van der Waals surface area contributed by atoms with Crippen LogP contribution in [0, 0.1) is 0 Å². The number of benzene rings is 1. The summed E-state index contributed by atoms with van der Waals surface area (Å²) in [6.45, 7) is 0. The van der Waals surface area contributed by atoms with Crippen molar-refractivity contribution >= 4 is 17.5 Å². The summed E-state index contributed by atoms with van der Waals surface area (Å²) in [6.07, 6.45) is 0.557. The number of hydrogen-bond acceptors (Lipinski definition) is 3. The van der Waals surface area contributed by atoms with Crippen LogP contribution >= 0.6 is 0 Å². The molecule has 92 valence electrons. The smallest absolute Gasteiger partial charge is 0.236 e. The van der Waals surface area contributed by atoms with Crippen LogP contribution in [0.4, 0.5) is 5.69 Å². The molecule has 17 heavy (non-hydrogen) atoms. The van der Waals surface area contributed by atoms with Crippen LogP contribution in [0.25, 0.3) is 0 Å². The summed E-state index contributed by atoms with van der Waals surface area (Å²) < 4.78 is 0. The lowest BCUT2D eigenvalue weighted by molar-refractivity contribution is -0.122. The molecule has 4 N–H and O–H groups in total. The molecule has 0 aliphatic heterocycles. The van der Waals surface area contributed by atoms with Crippen molar-refractivity contribution < 1.29 is 9.59 Å². The monoisotopic (exact) mass is 235 g/mol. The van der Waals surface area contributed by atoms with Gasteiger partial charge in [-0.3, -0.25) is 9.59 Å². The van der Waals surface area contributed by atoms with Crippen LogP contribution in [0.5, 0.6) is 0 Å². The number of hydrogen-bond donors (Lipinski definition) is 3. The van der Waals surface area contributed by atoms with Crippen molar-refractivity contribution in [1.82, 2.24) is 5.32 Å². The highest BCUT2D eigenvalue weighted by Gasteiger charge is 2.13. The third-order valence-corrected chi connectivity index (χ3v) is 2.32. The van der Waals surface area contributed by atoms with E-state index in [1.807, 2.05) is 18.2 Å². The molecule has 0 unspecified atom stereocenters. The molecule has 0 heterocycles. The molecule has 0 saturated carbocycles. The van der Waals surface area contributed by atoms with Crippen LogP contribution in [-0.2, 0) is 9.59 Å². The number of likely N-dealkylation sites (N-methyl/N-ethyl adjacent to an activating group) is 1. The quantitative estimate of drug-likeness (QED) is 0.694. The lowest BCUT2D eigenvalue weighted by Crippen LogP contribution is -2.39. The molecule has 0 saturated heterocycles. The highest BCUT2D eigenvalue weighted by atomic mass is 16.2. The summed E-state index contributed by atoms with van der Waals surface area (Å²) in [5.41, 5.74) is 6.32. The predicted octanol–water partition coefficient (Wildman–Crippen LogP) is 0.479. The van der Waals surface area contributed by atoms with Crippen molar-refractivity contribution in [3.63, 3.8) is 0 Å². The van der Waals surface area contributed by atoms with Crippen molar-refractivity contribution in [1.29, 1.82) is 0 Å². The molecule has 0 bridgehead atoms. The maximum Gasteiger partial charge on any atom is 0.236 e. The van der Waals surface area contributed by atoms with Gasteiger partial charge in [-0.15, -0.1) is 0 Å². The summed E-state index contributed by atoms with van der Waals surface area (Å²) in [7, 11) is 1.52. The number of anilines is 1. The maximum absolute atomic E-state index is 11.5. The fourth-order valence-electron chi connectivity index (χ4n) is 1.35. The van der Waals surface area contributed by atoms with Gasteiger partial charge < -0.3 is 16.4 Å². The van der Waals surface area contributed by atoms with Gasteiger partial charge in [0.05, 0.1) is 6.04 Å². The van der Waals surface area contributed by atoms with E-state index in [2.05, 4.69) is 10.6 Å².